The maximum absolute atomic E-state index is 13.2. The highest BCUT2D eigenvalue weighted by molar-refractivity contribution is 6.50. The van der Waals surface area contributed by atoms with E-state index in [-0.39, 0.29) is 18.0 Å². The number of carbonyl (C=O) groups excluding carboxylic acids is 4. The number of nitrogens with one attached hydrogen (secondary N) is 2. The number of aliphatic hydroxyl groups excluding tert-OH is 1. The fourth-order valence-electron chi connectivity index (χ4n) is 3.88. The van der Waals surface area contributed by atoms with E-state index in [2.05, 4.69) is 15.6 Å². The van der Waals surface area contributed by atoms with Gasteiger partial charge in [0.25, 0.3) is 11.9 Å². The van der Waals surface area contributed by atoms with Crippen molar-refractivity contribution in [3.8, 4) is 11.3 Å². The van der Waals surface area contributed by atoms with Crippen molar-refractivity contribution in [3.05, 3.63) is 54.2 Å². The summed E-state index contributed by atoms with van der Waals surface area (Å²) in [5, 5.41) is 15.5. The second-order valence-corrected chi connectivity index (χ2v) is 9.30. The molecule has 1 unspecified atom stereocenters. The van der Waals surface area contributed by atoms with Gasteiger partial charge in [-0.3, -0.25) is 19.2 Å². The normalized spacial score (nSPS) is 17.9. The third kappa shape index (κ3) is 7.61. The third-order valence-electron chi connectivity index (χ3n) is 5.70. The molecule has 1 aliphatic heterocycles. The molecule has 5 N–H and O–H groups in total. The van der Waals surface area contributed by atoms with Crippen LogP contribution in [0.3, 0.4) is 0 Å². The molecule has 0 spiro atoms. The van der Waals surface area contributed by atoms with Crippen LogP contribution in [0.25, 0.3) is 11.3 Å². The van der Waals surface area contributed by atoms with E-state index in [9.17, 15) is 24.3 Å². The van der Waals surface area contributed by atoms with Crippen molar-refractivity contribution >= 4 is 30.8 Å². The minimum absolute atomic E-state index is 0.0334. The zero-order chi connectivity index (χ0) is 27.1. The van der Waals surface area contributed by atoms with Gasteiger partial charge < -0.3 is 30.8 Å². The first-order chi connectivity index (χ1) is 17.5. The monoisotopic (exact) mass is 510 g/mol. The lowest BCUT2D eigenvalue weighted by molar-refractivity contribution is -0.148. The van der Waals surface area contributed by atoms with Gasteiger partial charge in [-0.1, -0.05) is 50.2 Å². The summed E-state index contributed by atoms with van der Waals surface area (Å²) in [7, 11) is -1.26. The van der Waals surface area contributed by atoms with Crippen LogP contribution in [0, 0.1) is 5.92 Å². The predicted molar refractivity (Wildman–Crippen MR) is 135 cm³/mol. The molecule has 1 aromatic heterocycles. The molecule has 0 radical (unpaired) electrons. The van der Waals surface area contributed by atoms with Crippen molar-refractivity contribution in [3.63, 3.8) is 0 Å². The molecule has 3 amide bonds. The zero-order valence-electron chi connectivity index (χ0n) is 20.9. The van der Waals surface area contributed by atoms with Gasteiger partial charge in [-0.2, -0.15) is 0 Å². The second kappa shape index (κ2) is 12.5. The van der Waals surface area contributed by atoms with Crippen LogP contribution in [0.15, 0.2) is 48.5 Å². The zero-order valence-corrected chi connectivity index (χ0v) is 20.9. The molecule has 196 valence electrons. The quantitative estimate of drug-likeness (QED) is 0.337. The predicted octanol–water partition coefficient (Wildman–Crippen LogP) is 0.604. The Labute approximate surface area is 215 Å². The fourth-order valence-corrected chi connectivity index (χ4v) is 3.88. The Morgan fingerprint density at radius 3 is 2.43 bits per heavy atom. The average molecular weight is 510 g/mol. The molecule has 1 saturated heterocycles. The third-order valence-corrected chi connectivity index (χ3v) is 5.70. The van der Waals surface area contributed by atoms with Crippen molar-refractivity contribution in [2.45, 2.75) is 57.8 Å². The maximum atomic E-state index is 13.2. The van der Waals surface area contributed by atoms with Crippen molar-refractivity contribution in [2.75, 3.05) is 0 Å². The number of hydrogen-bond donors (Lipinski definition) is 4. The molecule has 0 aliphatic carbocycles. The van der Waals surface area contributed by atoms with Crippen molar-refractivity contribution in [1.82, 2.24) is 15.6 Å². The highest BCUT2D eigenvalue weighted by Gasteiger charge is 2.44. The van der Waals surface area contributed by atoms with Gasteiger partial charge in [0.15, 0.2) is 0 Å². The summed E-state index contributed by atoms with van der Waals surface area (Å²) in [6.45, 7) is 5.12. The summed E-state index contributed by atoms with van der Waals surface area (Å²) in [5.74, 6) is -3.73. The standard InChI is InChI=1S/C25H31BN4O7/c1-14(2)12-20(26-36-19(23(27)33)13-21(32)37-26)29-25(35)22(15(3)31)30-24(34)18-11-7-10-17(28-18)16-8-5-4-6-9-16/h4-11,14-15,19-20,22,31H,12-13H2,1-3H3,(H2,27,33)(H,29,35)(H,30,34)/t15-,19?,20+,22+/m1/s1. The van der Waals surface area contributed by atoms with Gasteiger partial charge in [0.1, 0.15) is 17.8 Å². The minimum Gasteiger partial charge on any atom is -0.508 e. The van der Waals surface area contributed by atoms with Crippen LogP contribution in [0.4, 0.5) is 0 Å². The molecule has 4 atom stereocenters. The van der Waals surface area contributed by atoms with Crippen LogP contribution in [-0.2, 0) is 23.7 Å². The first-order valence-corrected chi connectivity index (χ1v) is 12.0. The number of amides is 3. The lowest BCUT2D eigenvalue weighted by atomic mass is 9.72. The number of hydrogen-bond acceptors (Lipinski definition) is 8. The van der Waals surface area contributed by atoms with Crippen LogP contribution in [0.1, 0.15) is 44.1 Å². The van der Waals surface area contributed by atoms with E-state index in [1.165, 1.54) is 13.0 Å². The van der Waals surface area contributed by atoms with E-state index in [0.717, 1.165) is 5.56 Å². The number of aliphatic hydroxyl groups is 1. The molecule has 1 fully saturated rings. The summed E-state index contributed by atoms with van der Waals surface area (Å²) in [5.41, 5.74) is 6.74. The molecule has 37 heavy (non-hydrogen) atoms. The van der Waals surface area contributed by atoms with E-state index in [1.807, 2.05) is 44.2 Å². The van der Waals surface area contributed by atoms with Gasteiger partial charge in [-0.05, 0) is 31.4 Å². The summed E-state index contributed by atoms with van der Waals surface area (Å²) < 4.78 is 10.8. The Hall–Kier alpha value is -3.77. The van der Waals surface area contributed by atoms with Gasteiger partial charge in [-0.15, -0.1) is 0 Å². The molecule has 1 aliphatic rings. The van der Waals surface area contributed by atoms with E-state index >= 15 is 0 Å². The van der Waals surface area contributed by atoms with Crippen LogP contribution in [0.2, 0.25) is 0 Å². The van der Waals surface area contributed by atoms with Gasteiger partial charge in [0.05, 0.1) is 24.2 Å². The number of carbonyl (C=O) groups is 4. The van der Waals surface area contributed by atoms with Crippen LogP contribution in [-0.4, -0.2) is 65.1 Å². The van der Waals surface area contributed by atoms with E-state index < -0.39 is 55.0 Å². The molecular weight excluding hydrogens is 479 g/mol. The Kier molecular flexibility index (Phi) is 9.37. The van der Waals surface area contributed by atoms with E-state index in [1.54, 1.807) is 12.1 Å². The van der Waals surface area contributed by atoms with Crippen LogP contribution < -0.4 is 16.4 Å². The summed E-state index contributed by atoms with van der Waals surface area (Å²) in [6.07, 6.45) is -2.46. The second-order valence-electron chi connectivity index (χ2n) is 9.30. The topological polar surface area (TPSA) is 170 Å². The van der Waals surface area contributed by atoms with E-state index in [0.29, 0.717) is 12.1 Å². The van der Waals surface area contributed by atoms with Gasteiger partial charge >= 0.3 is 7.12 Å². The smallest absolute Gasteiger partial charge is 0.508 e. The molecular formula is C25H31BN4O7. The number of nitrogens with zero attached hydrogens (tertiary/aromatic N) is 1. The summed E-state index contributed by atoms with van der Waals surface area (Å²) in [4.78, 5) is 54.1. The maximum Gasteiger partial charge on any atom is 0.551 e. The highest BCUT2D eigenvalue weighted by atomic mass is 16.6. The van der Waals surface area contributed by atoms with Crippen LogP contribution >= 0.6 is 0 Å². The first-order valence-electron chi connectivity index (χ1n) is 12.0. The molecule has 0 bridgehead atoms. The molecule has 1 aromatic carbocycles. The van der Waals surface area contributed by atoms with E-state index in [4.69, 9.17) is 15.0 Å². The molecule has 2 aromatic rings. The number of nitrogens with two attached hydrogens (primary N) is 1. The van der Waals surface area contributed by atoms with Crippen molar-refractivity contribution < 1.29 is 33.6 Å². The number of aromatic nitrogens is 1. The van der Waals surface area contributed by atoms with Gasteiger partial charge in [0, 0.05) is 5.56 Å². The Balaban J connectivity index is 1.75. The Morgan fingerprint density at radius 1 is 1.11 bits per heavy atom. The lowest BCUT2D eigenvalue weighted by Crippen LogP contribution is -2.60. The summed E-state index contributed by atoms with van der Waals surface area (Å²) >= 11 is 0. The average Bonchev–Trinajstić information content (AvgIpc) is 2.86. The van der Waals surface area contributed by atoms with Gasteiger partial charge in [0.2, 0.25) is 11.8 Å². The van der Waals surface area contributed by atoms with Crippen molar-refractivity contribution in [2.24, 2.45) is 11.7 Å². The Bertz CT molecular complexity index is 1130. The number of rotatable bonds is 10. The fraction of sp³-hybridized carbons (Fsp3) is 0.400. The first kappa shape index (κ1) is 27.8. The molecule has 12 heteroatoms. The van der Waals surface area contributed by atoms with Crippen molar-refractivity contribution in [1.29, 1.82) is 0 Å². The van der Waals surface area contributed by atoms with Crippen LogP contribution in [0.5, 0.6) is 0 Å². The molecule has 0 saturated carbocycles. The molecule has 2 heterocycles. The summed E-state index contributed by atoms with van der Waals surface area (Å²) in [6, 6.07) is 12.9. The van der Waals surface area contributed by atoms with Gasteiger partial charge in [-0.25, -0.2) is 4.98 Å². The largest absolute Gasteiger partial charge is 0.551 e. The number of benzene rings is 1. The molecule has 11 nitrogen and oxygen atoms in total. The number of primary amides is 1. The highest BCUT2D eigenvalue weighted by Crippen LogP contribution is 2.19. The Morgan fingerprint density at radius 2 is 1.81 bits per heavy atom. The SMILES string of the molecule is CC(C)C[C@H](NC(=O)[C@@H](NC(=O)c1cccc(-c2ccccc2)n1)[C@@H](C)O)B1OC(=O)CC(C(N)=O)O1. The number of pyridine rings is 1. The lowest BCUT2D eigenvalue weighted by Gasteiger charge is -2.32. The minimum atomic E-state index is -1.35. The molecule has 3 rings (SSSR count).